The lowest BCUT2D eigenvalue weighted by molar-refractivity contribution is 0.0188. The molecule has 2 atom stereocenters. The van der Waals surface area contributed by atoms with E-state index < -0.39 is 0 Å². The molecule has 1 N–H and O–H groups in total. The SMILES string of the molecule is CCNCC1CCC(COc2ccc(C)cc2)O1. The van der Waals surface area contributed by atoms with Crippen LogP contribution in [0.1, 0.15) is 25.3 Å². The summed E-state index contributed by atoms with van der Waals surface area (Å²) in [5.74, 6) is 0.930. The summed E-state index contributed by atoms with van der Waals surface area (Å²) >= 11 is 0. The Morgan fingerprint density at radius 3 is 2.67 bits per heavy atom. The van der Waals surface area contributed by atoms with Gasteiger partial charge in [-0.2, -0.15) is 0 Å². The van der Waals surface area contributed by atoms with Gasteiger partial charge >= 0.3 is 0 Å². The summed E-state index contributed by atoms with van der Waals surface area (Å²) < 4.78 is 11.7. The zero-order valence-corrected chi connectivity index (χ0v) is 11.3. The molecule has 0 saturated carbocycles. The summed E-state index contributed by atoms with van der Waals surface area (Å²) in [5, 5.41) is 3.32. The van der Waals surface area contributed by atoms with Gasteiger partial charge in [0.15, 0.2) is 0 Å². The standard InChI is InChI=1S/C15H23NO2/c1-3-16-10-14-8-9-15(18-14)11-17-13-6-4-12(2)5-7-13/h4-7,14-16H,3,8-11H2,1-2H3. The van der Waals surface area contributed by atoms with E-state index in [1.807, 2.05) is 12.1 Å². The van der Waals surface area contributed by atoms with Gasteiger partial charge in [0.1, 0.15) is 12.4 Å². The second kappa shape index (κ2) is 6.76. The van der Waals surface area contributed by atoms with E-state index in [9.17, 15) is 0 Å². The predicted octanol–water partition coefficient (Wildman–Crippen LogP) is 2.53. The van der Waals surface area contributed by atoms with E-state index in [4.69, 9.17) is 9.47 Å². The van der Waals surface area contributed by atoms with Crippen molar-refractivity contribution in [2.75, 3.05) is 19.7 Å². The van der Waals surface area contributed by atoms with Gasteiger partial charge in [-0.25, -0.2) is 0 Å². The van der Waals surface area contributed by atoms with Crippen LogP contribution < -0.4 is 10.1 Å². The van der Waals surface area contributed by atoms with Crippen molar-refractivity contribution in [2.24, 2.45) is 0 Å². The Kier molecular flexibility index (Phi) is 5.02. The molecule has 1 heterocycles. The highest BCUT2D eigenvalue weighted by Crippen LogP contribution is 2.20. The summed E-state index contributed by atoms with van der Waals surface area (Å²) in [6.45, 7) is 6.82. The molecule has 0 amide bonds. The second-order valence-electron chi connectivity index (χ2n) is 4.89. The molecule has 100 valence electrons. The lowest BCUT2D eigenvalue weighted by atomic mass is 10.2. The van der Waals surface area contributed by atoms with Gasteiger partial charge in [0.2, 0.25) is 0 Å². The molecule has 1 aromatic carbocycles. The quantitative estimate of drug-likeness (QED) is 0.840. The number of hydrogen-bond donors (Lipinski definition) is 1. The van der Waals surface area contributed by atoms with Gasteiger partial charge in [-0.1, -0.05) is 24.6 Å². The summed E-state index contributed by atoms with van der Waals surface area (Å²) in [5.41, 5.74) is 1.25. The third-order valence-corrected chi connectivity index (χ3v) is 3.27. The fourth-order valence-corrected chi connectivity index (χ4v) is 2.18. The number of ether oxygens (including phenoxy) is 2. The molecular formula is C15H23NO2. The molecule has 0 aliphatic carbocycles. The van der Waals surface area contributed by atoms with Crippen LogP contribution in [0.15, 0.2) is 24.3 Å². The number of hydrogen-bond acceptors (Lipinski definition) is 3. The molecule has 1 fully saturated rings. The minimum Gasteiger partial charge on any atom is -0.491 e. The van der Waals surface area contributed by atoms with Crippen LogP contribution in [0.2, 0.25) is 0 Å². The first-order chi connectivity index (χ1) is 8.78. The average Bonchev–Trinajstić information content (AvgIpc) is 2.84. The third kappa shape index (κ3) is 4.00. The number of benzene rings is 1. The molecule has 1 aromatic rings. The summed E-state index contributed by atoms with van der Waals surface area (Å²) in [7, 11) is 0. The maximum Gasteiger partial charge on any atom is 0.119 e. The van der Waals surface area contributed by atoms with E-state index >= 15 is 0 Å². The van der Waals surface area contributed by atoms with E-state index in [1.165, 1.54) is 5.56 Å². The van der Waals surface area contributed by atoms with Crippen LogP contribution in [-0.2, 0) is 4.74 Å². The lowest BCUT2D eigenvalue weighted by Gasteiger charge is -2.15. The van der Waals surface area contributed by atoms with Crippen molar-refractivity contribution in [1.82, 2.24) is 5.32 Å². The normalized spacial score (nSPS) is 23.2. The molecule has 0 radical (unpaired) electrons. The Hall–Kier alpha value is -1.06. The van der Waals surface area contributed by atoms with Crippen molar-refractivity contribution in [1.29, 1.82) is 0 Å². The molecule has 3 nitrogen and oxygen atoms in total. The first-order valence-electron chi connectivity index (χ1n) is 6.83. The summed E-state index contributed by atoms with van der Waals surface area (Å²) in [6, 6.07) is 8.17. The van der Waals surface area contributed by atoms with E-state index in [0.717, 1.165) is 31.7 Å². The van der Waals surface area contributed by atoms with Gasteiger partial charge in [0.05, 0.1) is 12.2 Å². The van der Waals surface area contributed by atoms with E-state index in [1.54, 1.807) is 0 Å². The fraction of sp³-hybridized carbons (Fsp3) is 0.600. The highest BCUT2D eigenvalue weighted by atomic mass is 16.5. The van der Waals surface area contributed by atoms with Crippen molar-refractivity contribution >= 4 is 0 Å². The molecule has 18 heavy (non-hydrogen) atoms. The topological polar surface area (TPSA) is 30.5 Å². The minimum absolute atomic E-state index is 0.245. The van der Waals surface area contributed by atoms with E-state index in [-0.39, 0.29) is 6.10 Å². The van der Waals surface area contributed by atoms with Crippen LogP contribution in [0.5, 0.6) is 5.75 Å². The maximum absolute atomic E-state index is 5.92. The summed E-state index contributed by atoms with van der Waals surface area (Å²) in [6.07, 6.45) is 2.84. The van der Waals surface area contributed by atoms with Gasteiger partial charge in [0.25, 0.3) is 0 Å². The van der Waals surface area contributed by atoms with Gasteiger partial charge < -0.3 is 14.8 Å². The third-order valence-electron chi connectivity index (χ3n) is 3.27. The van der Waals surface area contributed by atoms with Crippen LogP contribution >= 0.6 is 0 Å². The Labute approximate surface area is 109 Å². The molecule has 1 aliphatic heterocycles. The van der Waals surface area contributed by atoms with Gasteiger partial charge in [-0.05, 0) is 38.4 Å². The zero-order chi connectivity index (χ0) is 12.8. The van der Waals surface area contributed by atoms with Gasteiger partial charge in [-0.15, -0.1) is 0 Å². The first-order valence-corrected chi connectivity index (χ1v) is 6.83. The van der Waals surface area contributed by atoms with E-state index in [0.29, 0.717) is 12.7 Å². The smallest absolute Gasteiger partial charge is 0.119 e. The predicted molar refractivity (Wildman–Crippen MR) is 73.1 cm³/mol. The first kappa shape index (κ1) is 13.4. The highest BCUT2D eigenvalue weighted by Gasteiger charge is 2.25. The molecule has 1 aliphatic rings. The Morgan fingerprint density at radius 1 is 1.22 bits per heavy atom. The second-order valence-corrected chi connectivity index (χ2v) is 4.89. The molecule has 3 heteroatoms. The largest absolute Gasteiger partial charge is 0.491 e. The van der Waals surface area contributed by atoms with Crippen LogP contribution in [0.3, 0.4) is 0 Å². The molecule has 2 rings (SSSR count). The van der Waals surface area contributed by atoms with Crippen molar-refractivity contribution in [2.45, 2.75) is 38.9 Å². The van der Waals surface area contributed by atoms with Gasteiger partial charge in [0, 0.05) is 6.54 Å². The highest BCUT2D eigenvalue weighted by molar-refractivity contribution is 5.26. The number of rotatable bonds is 6. The van der Waals surface area contributed by atoms with Crippen LogP contribution in [-0.4, -0.2) is 31.9 Å². The van der Waals surface area contributed by atoms with E-state index in [2.05, 4.69) is 31.3 Å². The minimum atomic E-state index is 0.245. The number of aryl methyl sites for hydroxylation is 1. The van der Waals surface area contributed by atoms with Gasteiger partial charge in [-0.3, -0.25) is 0 Å². The molecule has 2 unspecified atom stereocenters. The van der Waals surface area contributed by atoms with Crippen molar-refractivity contribution < 1.29 is 9.47 Å². The zero-order valence-electron chi connectivity index (χ0n) is 11.3. The lowest BCUT2D eigenvalue weighted by Crippen LogP contribution is -2.28. The molecule has 0 bridgehead atoms. The number of likely N-dealkylation sites (N-methyl/N-ethyl adjacent to an activating group) is 1. The Bertz CT molecular complexity index is 350. The summed E-state index contributed by atoms with van der Waals surface area (Å²) in [4.78, 5) is 0. The fourth-order valence-electron chi connectivity index (χ4n) is 2.18. The van der Waals surface area contributed by atoms with Crippen molar-refractivity contribution in [3.05, 3.63) is 29.8 Å². The van der Waals surface area contributed by atoms with Crippen molar-refractivity contribution in [3.63, 3.8) is 0 Å². The Morgan fingerprint density at radius 2 is 1.94 bits per heavy atom. The monoisotopic (exact) mass is 249 g/mol. The molecule has 1 saturated heterocycles. The van der Waals surface area contributed by atoms with Crippen LogP contribution in [0, 0.1) is 6.92 Å². The van der Waals surface area contributed by atoms with Crippen molar-refractivity contribution in [3.8, 4) is 5.75 Å². The molecular weight excluding hydrogens is 226 g/mol. The van der Waals surface area contributed by atoms with Crippen LogP contribution in [0.4, 0.5) is 0 Å². The molecule has 0 spiro atoms. The Balaban J connectivity index is 1.70. The molecule has 0 aromatic heterocycles. The number of nitrogens with one attached hydrogen (secondary N) is 1. The average molecular weight is 249 g/mol. The van der Waals surface area contributed by atoms with Crippen LogP contribution in [0.25, 0.3) is 0 Å². The maximum atomic E-state index is 5.92.